The lowest BCUT2D eigenvalue weighted by Gasteiger charge is -1.97. The van der Waals surface area contributed by atoms with Crippen molar-refractivity contribution in [3.63, 3.8) is 0 Å². The highest BCUT2D eigenvalue weighted by atomic mass is 16.1. The quantitative estimate of drug-likeness (QED) is 0.603. The van der Waals surface area contributed by atoms with E-state index in [9.17, 15) is 4.79 Å². The van der Waals surface area contributed by atoms with E-state index in [1.54, 1.807) is 0 Å². The third-order valence-electron chi connectivity index (χ3n) is 3.00. The highest BCUT2D eigenvalue weighted by molar-refractivity contribution is 5.74. The lowest BCUT2D eigenvalue weighted by atomic mass is 10.1. The van der Waals surface area contributed by atoms with Gasteiger partial charge in [-0.1, -0.05) is 43.2 Å². The summed E-state index contributed by atoms with van der Waals surface area (Å²) in [5, 5.41) is 0. The molecule has 2 aromatic carbocycles. The van der Waals surface area contributed by atoms with E-state index in [2.05, 4.69) is 54.9 Å². The average molecular weight is 272 g/mol. The van der Waals surface area contributed by atoms with Gasteiger partial charge in [0.05, 0.1) is 0 Å². The number of carbonyl (C=O) groups is 1. The standard InChI is InChI=1S/C20H16O/c1-2-4-17-6-10-19(11-7-17)14-15-20-12-8-18(9-13-20)5-3-16-21/h6-13,16H,2,4H2,1H3. The molecule has 0 fully saturated rings. The molecular formula is C20H16O. The number of aldehydes is 1. The molecule has 0 heterocycles. The molecule has 0 aliphatic heterocycles. The van der Waals surface area contributed by atoms with Crippen LogP contribution in [0, 0.1) is 23.7 Å². The van der Waals surface area contributed by atoms with Crippen LogP contribution in [-0.4, -0.2) is 6.29 Å². The summed E-state index contributed by atoms with van der Waals surface area (Å²) >= 11 is 0. The monoisotopic (exact) mass is 272 g/mol. The third kappa shape index (κ3) is 4.68. The van der Waals surface area contributed by atoms with Gasteiger partial charge in [-0.25, -0.2) is 0 Å². The van der Waals surface area contributed by atoms with Crippen molar-refractivity contribution in [2.45, 2.75) is 19.8 Å². The number of rotatable bonds is 2. The van der Waals surface area contributed by atoms with Crippen LogP contribution in [0.15, 0.2) is 48.5 Å². The van der Waals surface area contributed by atoms with Gasteiger partial charge >= 0.3 is 0 Å². The lowest BCUT2D eigenvalue weighted by molar-refractivity contribution is -0.103. The molecule has 0 aliphatic rings. The van der Waals surface area contributed by atoms with Gasteiger partial charge in [-0.2, -0.15) is 0 Å². The molecule has 2 aromatic rings. The lowest BCUT2D eigenvalue weighted by Crippen LogP contribution is -1.83. The molecule has 0 amide bonds. The van der Waals surface area contributed by atoms with E-state index < -0.39 is 0 Å². The van der Waals surface area contributed by atoms with Crippen LogP contribution in [0.2, 0.25) is 0 Å². The zero-order valence-electron chi connectivity index (χ0n) is 12.0. The highest BCUT2D eigenvalue weighted by Crippen LogP contribution is 2.06. The minimum absolute atomic E-state index is 0.593. The molecule has 102 valence electrons. The first kappa shape index (κ1) is 14.6. The first-order valence-electron chi connectivity index (χ1n) is 6.98. The van der Waals surface area contributed by atoms with Gasteiger partial charge in [0.2, 0.25) is 0 Å². The van der Waals surface area contributed by atoms with Crippen molar-refractivity contribution in [2.24, 2.45) is 0 Å². The predicted octanol–water partition coefficient (Wildman–Crippen LogP) is 3.59. The van der Waals surface area contributed by atoms with Crippen LogP contribution in [-0.2, 0) is 11.2 Å². The summed E-state index contributed by atoms with van der Waals surface area (Å²) in [4.78, 5) is 10.2. The Balaban J connectivity index is 2.09. The van der Waals surface area contributed by atoms with Crippen LogP contribution in [0.4, 0.5) is 0 Å². The molecule has 0 saturated carbocycles. The molecule has 0 bridgehead atoms. The first-order valence-corrected chi connectivity index (χ1v) is 6.98. The van der Waals surface area contributed by atoms with Gasteiger partial charge < -0.3 is 0 Å². The second-order valence-corrected chi connectivity index (χ2v) is 4.66. The van der Waals surface area contributed by atoms with Gasteiger partial charge in [0.15, 0.2) is 6.29 Å². The molecule has 2 rings (SSSR count). The first-order chi connectivity index (χ1) is 10.3. The molecular weight excluding hydrogens is 256 g/mol. The number of benzene rings is 2. The minimum atomic E-state index is 0.593. The average Bonchev–Trinajstić information content (AvgIpc) is 2.53. The predicted molar refractivity (Wildman–Crippen MR) is 85.8 cm³/mol. The Morgan fingerprint density at radius 2 is 1.29 bits per heavy atom. The van der Waals surface area contributed by atoms with Gasteiger partial charge in [0.25, 0.3) is 0 Å². The summed E-state index contributed by atoms with van der Waals surface area (Å²) in [5.74, 6) is 11.4. The van der Waals surface area contributed by atoms with E-state index >= 15 is 0 Å². The Hall–Kier alpha value is -2.77. The molecule has 1 heteroatoms. The summed E-state index contributed by atoms with van der Waals surface area (Å²) < 4.78 is 0. The fourth-order valence-corrected chi connectivity index (χ4v) is 1.94. The van der Waals surface area contributed by atoms with Crippen LogP contribution in [0.25, 0.3) is 0 Å². The fourth-order valence-electron chi connectivity index (χ4n) is 1.94. The van der Waals surface area contributed by atoms with Crippen molar-refractivity contribution in [1.82, 2.24) is 0 Å². The Morgan fingerprint density at radius 3 is 1.76 bits per heavy atom. The second kappa shape index (κ2) is 7.73. The highest BCUT2D eigenvalue weighted by Gasteiger charge is 1.92. The van der Waals surface area contributed by atoms with E-state index in [0.717, 1.165) is 29.5 Å². The van der Waals surface area contributed by atoms with E-state index in [1.807, 2.05) is 24.3 Å². The summed E-state index contributed by atoms with van der Waals surface area (Å²) in [7, 11) is 0. The van der Waals surface area contributed by atoms with Crippen LogP contribution in [0.5, 0.6) is 0 Å². The maximum absolute atomic E-state index is 10.2. The molecule has 0 radical (unpaired) electrons. The maximum atomic E-state index is 10.2. The normalized spacial score (nSPS) is 9.00. The second-order valence-electron chi connectivity index (χ2n) is 4.66. The van der Waals surface area contributed by atoms with Gasteiger partial charge in [-0.15, -0.1) is 0 Å². The molecule has 0 unspecified atom stereocenters. The zero-order valence-corrected chi connectivity index (χ0v) is 12.0. The van der Waals surface area contributed by atoms with Crippen LogP contribution >= 0.6 is 0 Å². The van der Waals surface area contributed by atoms with Crippen LogP contribution in [0.1, 0.15) is 35.6 Å². The Labute approximate surface area is 126 Å². The van der Waals surface area contributed by atoms with E-state index in [4.69, 9.17) is 0 Å². The zero-order chi connectivity index (χ0) is 14.9. The SMILES string of the molecule is CCCc1ccc(C#Cc2ccc(C#CC=O)cc2)cc1. The number of hydrogen-bond donors (Lipinski definition) is 0. The van der Waals surface area contributed by atoms with Crippen LogP contribution in [0.3, 0.4) is 0 Å². The number of carbonyl (C=O) groups excluding carboxylic acids is 1. The molecule has 21 heavy (non-hydrogen) atoms. The summed E-state index contributed by atoms with van der Waals surface area (Å²) in [6.45, 7) is 2.18. The molecule has 0 aromatic heterocycles. The van der Waals surface area contributed by atoms with E-state index in [-0.39, 0.29) is 0 Å². The maximum Gasteiger partial charge on any atom is 0.193 e. The largest absolute Gasteiger partial charge is 0.289 e. The summed E-state index contributed by atoms with van der Waals surface area (Å²) in [6, 6.07) is 15.9. The van der Waals surface area contributed by atoms with Crippen molar-refractivity contribution >= 4 is 6.29 Å². The van der Waals surface area contributed by atoms with Crippen molar-refractivity contribution in [2.75, 3.05) is 0 Å². The molecule has 0 spiro atoms. The Bertz CT molecular complexity index is 714. The van der Waals surface area contributed by atoms with Crippen LogP contribution < -0.4 is 0 Å². The smallest absolute Gasteiger partial charge is 0.193 e. The van der Waals surface area contributed by atoms with Gasteiger partial charge in [-0.05, 0) is 54.3 Å². The van der Waals surface area contributed by atoms with Gasteiger partial charge in [0, 0.05) is 16.7 Å². The van der Waals surface area contributed by atoms with Crippen molar-refractivity contribution < 1.29 is 4.79 Å². The summed E-state index contributed by atoms with van der Waals surface area (Å²) in [5.41, 5.74) is 4.11. The summed E-state index contributed by atoms with van der Waals surface area (Å²) in [6.07, 6.45) is 2.86. The molecule has 0 saturated heterocycles. The van der Waals surface area contributed by atoms with Crippen molar-refractivity contribution in [3.8, 4) is 23.7 Å². The van der Waals surface area contributed by atoms with Crippen molar-refractivity contribution in [1.29, 1.82) is 0 Å². The molecule has 1 nitrogen and oxygen atoms in total. The fraction of sp³-hybridized carbons (Fsp3) is 0.150. The molecule has 0 atom stereocenters. The Kier molecular flexibility index (Phi) is 5.39. The van der Waals surface area contributed by atoms with Gasteiger partial charge in [-0.3, -0.25) is 4.79 Å². The third-order valence-corrected chi connectivity index (χ3v) is 3.00. The van der Waals surface area contributed by atoms with E-state index in [1.165, 1.54) is 5.56 Å². The molecule has 0 aliphatic carbocycles. The Morgan fingerprint density at radius 1 is 0.810 bits per heavy atom. The number of aryl methyl sites for hydroxylation is 1. The van der Waals surface area contributed by atoms with Crippen molar-refractivity contribution in [3.05, 3.63) is 70.8 Å². The number of hydrogen-bond acceptors (Lipinski definition) is 1. The van der Waals surface area contributed by atoms with E-state index in [0.29, 0.717) is 6.29 Å². The minimum Gasteiger partial charge on any atom is -0.289 e. The van der Waals surface area contributed by atoms with Gasteiger partial charge in [0.1, 0.15) is 0 Å². The topological polar surface area (TPSA) is 17.1 Å². The molecule has 0 N–H and O–H groups in total.